The minimum Gasteiger partial charge on any atom is -0.394 e. The lowest BCUT2D eigenvalue weighted by molar-refractivity contribution is 0.00155. The van der Waals surface area contributed by atoms with Gasteiger partial charge < -0.3 is 14.7 Å². The first-order valence-corrected chi connectivity index (χ1v) is 5.38. The van der Waals surface area contributed by atoms with E-state index in [2.05, 4.69) is 4.52 Å². The maximum absolute atomic E-state index is 11.0. The highest BCUT2D eigenvalue weighted by Crippen LogP contribution is 2.45. The number of aliphatic hydroxyl groups excluding tert-OH is 1. The van der Waals surface area contributed by atoms with Crippen LogP contribution in [0.15, 0.2) is 0 Å². The first-order valence-electron chi connectivity index (χ1n) is 3.88. The summed E-state index contributed by atoms with van der Waals surface area (Å²) in [4.78, 5) is 8.97. The van der Waals surface area contributed by atoms with Crippen LogP contribution in [0.2, 0.25) is 0 Å². The third kappa shape index (κ3) is 3.02. The Morgan fingerprint density at radius 3 is 2.92 bits per heavy atom. The highest BCUT2D eigenvalue weighted by Gasteiger charge is 2.34. The van der Waals surface area contributed by atoms with Crippen molar-refractivity contribution < 1.29 is 28.3 Å². The van der Waals surface area contributed by atoms with Crippen LogP contribution in [0.3, 0.4) is 0 Å². The molecule has 1 aliphatic rings. The van der Waals surface area contributed by atoms with Crippen molar-refractivity contribution in [1.82, 2.24) is 0 Å². The second kappa shape index (κ2) is 4.50. The third-order valence-electron chi connectivity index (χ3n) is 1.83. The molecule has 0 radical (unpaired) electrons. The lowest BCUT2D eigenvalue weighted by Gasteiger charge is -2.18. The molecule has 2 N–H and O–H groups in total. The Balaban J connectivity index is 2.48. The molecule has 0 spiro atoms. The molecule has 3 atom stereocenters. The first kappa shape index (κ1) is 11.1. The zero-order chi connectivity index (χ0) is 9.90. The molecule has 78 valence electrons. The van der Waals surface area contributed by atoms with Gasteiger partial charge in [0.05, 0.1) is 6.61 Å². The summed E-state index contributed by atoms with van der Waals surface area (Å²) in [5.74, 6) is 0. The van der Waals surface area contributed by atoms with Crippen LogP contribution in [-0.2, 0) is 18.3 Å². The van der Waals surface area contributed by atoms with E-state index in [1.165, 1.54) is 0 Å². The summed E-state index contributed by atoms with van der Waals surface area (Å²) in [5, 5.41) is 8.79. The summed E-state index contributed by atoms with van der Waals surface area (Å²) in [6.45, 7) is 0.188. The number of rotatable bonds is 4. The SMILES string of the molecule is COP(=O)(O)O[C@H]1CCO[C@@H]1CO. The van der Waals surface area contributed by atoms with Crippen molar-refractivity contribution in [1.29, 1.82) is 0 Å². The van der Waals surface area contributed by atoms with Gasteiger partial charge in [-0.1, -0.05) is 0 Å². The number of phosphoric ester groups is 1. The van der Waals surface area contributed by atoms with Crippen LogP contribution in [0.4, 0.5) is 0 Å². The van der Waals surface area contributed by atoms with Crippen molar-refractivity contribution in [2.75, 3.05) is 20.3 Å². The van der Waals surface area contributed by atoms with E-state index in [1.807, 2.05) is 0 Å². The highest BCUT2D eigenvalue weighted by atomic mass is 31.2. The minimum atomic E-state index is -3.96. The lowest BCUT2D eigenvalue weighted by atomic mass is 10.2. The molecule has 1 rings (SSSR count). The summed E-state index contributed by atoms with van der Waals surface area (Å²) >= 11 is 0. The maximum Gasteiger partial charge on any atom is 0.472 e. The van der Waals surface area contributed by atoms with E-state index < -0.39 is 20.0 Å². The maximum atomic E-state index is 11.0. The molecule has 0 amide bonds. The predicted octanol–water partition coefficient (Wildman–Crippen LogP) is -0.100. The van der Waals surface area contributed by atoms with Crippen LogP contribution in [0.1, 0.15) is 6.42 Å². The normalized spacial score (nSPS) is 33.2. The second-order valence-electron chi connectivity index (χ2n) is 2.68. The molecule has 0 aromatic rings. The van der Waals surface area contributed by atoms with Gasteiger partial charge in [-0.15, -0.1) is 0 Å². The summed E-state index contributed by atoms with van der Waals surface area (Å²) < 4.78 is 25.0. The number of hydrogen-bond donors (Lipinski definition) is 2. The van der Waals surface area contributed by atoms with E-state index in [9.17, 15) is 4.57 Å². The van der Waals surface area contributed by atoms with Crippen LogP contribution in [-0.4, -0.2) is 42.5 Å². The smallest absolute Gasteiger partial charge is 0.394 e. The molecule has 7 heteroatoms. The Morgan fingerprint density at radius 1 is 1.69 bits per heavy atom. The predicted molar refractivity (Wildman–Crippen MR) is 43.2 cm³/mol. The molecule has 0 aromatic carbocycles. The van der Waals surface area contributed by atoms with Crippen molar-refractivity contribution in [3.05, 3.63) is 0 Å². The van der Waals surface area contributed by atoms with Crippen molar-refractivity contribution in [2.45, 2.75) is 18.6 Å². The molecule has 0 aliphatic carbocycles. The molecular weight excluding hydrogens is 199 g/mol. The average molecular weight is 212 g/mol. The van der Waals surface area contributed by atoms with Crippen LogP contribution in [0.25, 0.3) is 0 Å². The monoisotopic (exact) mass is 212 g/mol. The van der Waals surface area contributed by atoms with Crippen molar-refractivity contribution in [3.8, 4) is 0 Å². The van der Waals surface area contributed by atoms with Gasteiger partial charge >= 0.3 is 7.82 Å². The minimum absolute atomic E-state index is 0.228. The Kier molecular flexibility index (Phi) is 3.85. The topological polar surface area (TPSA) is 85.2 Å². The van der Waals surface area contributed by atoms with Crippen molar-refractivity contribution >= 4 is 7.82 Å². The van der Waals surface area contributed by atoms with E-state index in [0.717, 1.165) is 7.11 Å². The van der Waals surface area contributed by atoms with Gasteiger partial charge in [-0.25, -0.2) is 4.57 Å². The molecule has 0 bridgehead atoms. The molecule has 0 aromatic heterocycles. The van der Waals surface area contributed by atoms with E-state index in [4.69, 9.17) is 19.3 Å². The van der Waals surface area contributed by atoms with Crippen LogP contribution in [0, 0.1) is 0 Å². The summed E-state index contributed by atoms with van der Waals surface area (Å²) in [6, 6.07) is 0. The third-order valence-corrected chi connectivity index (χ3v) is 2.83. The summed E-state index contributed by atoms with van der Waals surface area (Å²) in [7, 11) is -2.88. The Hall–Kier alpha value is 0.0300. The van der Waals surface area contributed by atoms with Crippen LogP contribution in [0.5, 0.6) is 0 Å². The molecule has 1 unspecified atom stereocenters. The van der Waals surface area contributed by atoms with Gasteiger partial charge in [0.15, 0.2) is 0 Å². The van der Waals surface area contributed by atoms with Gasteiger partial charge in [0, 0.05) is 20.1 Å². The van der Waals surface area contributed by atoms with E-state index >= 15 is 0 Å². The first-order chi connectivity index (χ1) is 6.09. The fourth-order valence-electron chi connectivity index (χ4n) is 1.13. The van der Waals surface area contributed by atoms with Crippen molar-refractivity contribution in [3.63, 3.8) is 0 Å². The Bertz CT molecular complexity index is 207. The molecule has 1 saturated heterocycles. The second-order valence-corrected chi connectivity index (χ2v) is 4.19. The average Bonchev–Trinajstić information content (AvgIpc) is 2.51. The van der Waals surface area contributed by atoms with Crippen LogP contribution < -0.4 is 0 Å². The molecule has 0 saturated carbocycles. The summed E-state index contributed by atoms with van der Waals surface area (Å²) in [5.41, 5.74) is 0. The van der Waals surface area contributed by atoms with Gasteiger partial charge in [0.1, 0.15) is 12.2 Å². The van der Waals surface area contributed by atoms with Gasteiger partial charge in [-0.05, 0) is 0 Å². The molecule has 1 fully saturated rings. The van der Waals surface area contributed by atoms with E-state index in [0.29, 0.717) is 13.0 Å². The molecule has 13 heavy (non-hydrogen) atoms. The Morgan fingerprint density at radius 2 is 2.38 bits per heavy atom. The number of aliphatic hydroxyl groups is 1. The van der Waals surface area contributed by atoms with Gasteiger partial charge in [0.25, 0.3) is 0 Å². The quantitative estimate of drug-likeness (QED) is 0.633. The van der Waals surface area contributed by atoms with Crippen LogP contribution >= 0.6 is 7.82 Å². The Labute approximate surface area is 76.0 Å². The standard InChI is InChI=1S/C6H13O6P/c1-10-13(8,9)12-5-2-3-11-6(5)4-7/h5-7H,2-4H2,1H3,(H,8,9)/t5-,6+/m0/s1. The number of ether oxygens (including phenoxy) is 1. The zero-order valence-electron chi connectivity index (χ0n) is 7.25. The van der Waals surface area contributed by atoms with E-state index in [1.54, 1.807) is 0 Å². The van der Waals surface area contributed by atoms with Gasteiger partial charge in [-0.3, -0.25) is 9.05 Å². The molecular formula is C6H13O6P. The largest absolute Gasteiger partial charge is 0.472 e. The fourth-order valence-corrected chi connectivity index (χ4v) is 1.80. The number of phosphoric acid groups is 1. The van der Waals surface area contributed by atoms with Gasteiger partial charge in [0.2, 0.25) is 0 Å². The zero-order valence-corrected chi connectivity index (χ0v) is 8.15. The van der Waals surface area contributed by atoms with Crippen molar-refractivity contribution in [2.24, 2.45) is 0 Å². The lowest BCUT2D eigenvalue weighted by Crippen LogP contribution is -2.27. The highest BCUT2D eigenvalue weighted by molar-refractivity contribution is 7.47. The number of hydrogen-bond acceptors (Lipinski definition) is 5. The molecule has 1 heterocycles. The fraction of sp³-hybridized carbons (Fsp3) is 1.00. The molecule has 1 aliphatic heterocycles. The summed E-state index contributed by atoms with van der Waals surface area (Å²) in [6.07, 6.45) is -0.615. The van der Waals surface area contributed by atoms with Gasteiger partial charge in [-0.2, -0.15) is 0 Å². The van der Waals surface area contributed by atoms with E-state index in [-0.39, 0.29) is 6.61 Å². The molecule has 6 nitrogen and oxygen atoms in total.